The average Bonchev–Trinajstić information content (AvgIpc) is 2.11. The highest BCUT2D eigenvalue weighted by Crippen LogP contribution is 2.24. The summed E-state index contributed by atoms with van der Waals surface area (Å²) in [5.74, 6) is -0.0944. The van der Waals surface area contributed by atoms with Crippen LogP contribution in [0.3, 0.4) is 0 Å². The number of phenols is 1. The molecular formula is C10H12BrNO2. The molecule has 3 nitrogen and oxygen atoms in total. The van der Waals surface area contributed by atoms with Crippen LogP contribution < -0.4 is 5.32 Å². The molecule has 1 amide bonds. The minimum absolute atomic E-state index is 0.0806. The molecular weight excluding hydrogens is 246 g/mol. The number of phenolic OH excluding ortho intramolecular Hbond substituents is 1. The second-order valence-corrected chi connectivity index (χ2v) is 4.50. The minimum atomic E-state index is -0.276. The Morgan fingerprint density at radius 3 is 2.79 bits per heavy atom. The Hall–Kier alpha value is -1.03. The van der Waals surface area contributed by atoms with Crippen LogP contribution in [0.15, 0.2) is 18.2 Å². The van der Waals surface area contributed by atoms with Gasteiger partial charge in [-0.25, -0.2) is 0 Å². The van der Waals surface area contributed by atoms with Gasteiger partial charge in [0.1, 0.15) is 5.75 Å². The number of aromatic hydroxyl groups is 1. The normalized spacial score (nSPS) is 12.2. The van der Waals surface area contributed by atoms with Crippen LogP contribution in [0, 0.1) is 6.92 Å². The van der Waals surface area contributed by atoms with Crippen LogP contribution in [0.1, 0.15) is 12.5 Å². The van der Waals surface area contributed by atoms with Gasteiger partial charge in [0.25, 0.3) is 0 Å². The summed E-state index contributed by atoms with van der Waals surface area (Å²) < 4.78 is 0. The first-order valence-corrected chi connectivity index (χ1v) is 5.17. The van der Waals surface area contributed by atoms with Gasteiger partial charge in [0.15, 0.2) is 0 Å². The smallest absolute Gasteiger partial charge is 0.237 e. The quantitative estimate of drug-likeness (QED) is 0.632. The van der Waals surface area contributed by atoms with Crippen molar-refractivity contribution in [1.82, 2.24) is 0 Å². The summed E-state index contributed by atoms with van der Waals surface area (Å²) in [5.41, 5.74) is 1.43. The number of amides is 1. The molecule has 1 unspecified atom stereocenters. The molecule has 0 aromatic heterocycles. The van der Waals surface area contributed by atoms with E-state index in [0.29, 0.717) is 5.69 Å². The van der Waals surface area contributed by atoms with Gasteiger partial charge in [0, 0.05) is 0 Å². The molecule has 0 heterocycles. The molecule has 0 spiro atoms. The fraction of sp³-hybridized carbons (Fsp3) is 0.300. The van der Waals surface area contributed by atoms with E-state index in [9.17, 15) is 9.90 Å². The zero-order chi connectivity index (χ0) is 10.7. The molecule has 76 valence electrons. The van der Waals surface area contributed by atoms with Crippen LogP contribution in [0.25, 0.3) is 0 Å². The molecule has 0 saturated heterocycles. The molecule has 0 aliphatic carbocycles. The summed E-state index contributed by atoms with van der Waals surface area (Å²) in [6.07, 6.45) is 0. The highest BCUT2D eigenvalue weighted by molar-refractivity contribution is 9.10. The minimum Gasteiger partial charge on any atom is -0.506 e. The van der Waals surface area contributed by atoms with Crippen molar-refractivity contribution in [3.63, 3.8) is 0 Å². The number of alkyl halides is 1. The number of benzene rings is 1. The number of aryl methyl sites for hydroxylation is 1. The second kappa shape index (κ2) is 4.46. The zero-order valence-electron chi connectivity index (χ0n) is 8.04. The fourth-order valence-electron chi connectivity index (χ4n) is 0.982. The second-order valence-electron chi connectivity index (χ2n) is 3.13. The monoisotopic (exact) mass is 257 g/mol. The highest BCUT2D eigenvalue weighted by atomic mass is 79.9. The summed E-state index contributed by atoms with van der Waals surface area (Å²) in [6.45, 7) is 3.62. The van der Waals surface area contributed by atoms with Crippen LogP contribution in [0.2, 0.25) is 0 Å². The van der Waals surface area contributed by atoms with Gasteiger partial charge in [0.05, 0.1) is 10.5 Å². The van der Waals surface area contributed by atoms with Gasteiger partial charge in [-0.1, -0.05) is 22.0 Å². The Morgan fingerprint density at radius 1 is 1.57 bits per heavy atom. The van der Waals surface area contributed by atoms with Crippen molar-refractivity contribution in [2.45, 2.75) is 18.7 Å². The number of anilines is 1. The van der Waals surface area contributed by atoms with E-state index in [0.717, 1.165) is 5.56 Å². The number of carbonyl (C=O) groups is 1. The van der Waals surface area contributed by atoms with E-state index in [1.165, 1.54) is 0 Å². The number of halogens is 1. The first-order valence-electron chi connectivity index (χ1n) is 4.25. The van der Waals surface area contributed by atoms with E-state index in [-0.39, 0.29) is 16.5 Å². The van der Waals surface area contributed by atoms with E-state index in [1.807, 2.05) is 6.92 Å². The van der Waals surface area contributed by atoms with Crippen molar-refractivity contribution in [3.8, 4) is 5.75 Å². The van der Waals surface area contributed by atoms with Gasteiger partial charge in [-0.3, -0.25) is 4.79 Å². The Balaban J connectivity index is 2.86. The summed E-state index contributed by atoms with van der Waals surface area (Å²) in [6, 6.07) is 5.06. The van der Waals surface area contributed by atoms with Gasteiger partial charge < -0.3 is 10.4 Å². The van der Waals surface area contributed by atoms with E-state index < -0.39 is 0 Å². The van der Waals surface area contributed by atoms with Gasteiger partial charge >= 0.3 is 0 Å². The predicted octanol–water partition coefficient (Wildman–Crippen LogP) is 2.42. The number of carbonyl (C=O) groups excluding carboxylic acids is 1. The van der Waals surface area contributed by atoms with Crippen LogP contribution in [-0.4, -0.2) is 15.8 Å². The summed E-state index contributed by atoms with van der Waals surface area (Å²) in [5, 5.41) is 12.1. The molecule has 0 saturated carbocycles. The van der Waals surface area contributed by atoms with Crippen molar-refractivity contribution in [2.24, 2.45) is 0 Å². The predicted molar refractivity (Wildman–Crippen MR) is 59.9 cm³/mol. The molecule has 1 aromatic carbocycles. The van der Waals surface area contributed by atoms with E-state index in [1.54, 1.807) is 25.1 Å². The fourth-order valence-corrected chi connectivity index (χ4v) is 1.10. The molecule has 1 aromatic rings. The van der Waals surface area contributed by atoms with Crippen molar-refractivity contribution in [1.29, 1.82) is 0 Å². The number of hydrogen-bond donors (Lipinski definition) is 2. The third kappa shape index (κ3) is 2.73. The van der Waals surface area contributed by atoms with Crippen LogP contribution in [0.5, 0.6) is 5.75 Å². The Bertz CT molecular complexity index is 350. The average molecular weight is 258 g/mol. The third-order valence-corrected chi connectivity index (χ3v) is 2.19. The first-order chi connectivity index (χ1) is 6.50. The summed E-state index contributed by atoms with van der Waals surface area (Å²) in [4.78, 5) is 11.0. The zero-order valence-corrected chi connectivity index (χ0v) is 9.63. The molecule has 1 atom stereocenters. The van der Waals surface area contributed by atoms with Gasteiger partial charge in [-0.15, -0.1) is 0 Å². The van der Waals surface area contributed by atoms with E-state index >= 15 is 0 Å². The van der Waals surface area contributed by atoms with Gasteiger partial charge in [-0.05, 0) is 31.5 Å². The number of hydrogen-bond acceptors (Lipinski definition) is 2. The molecule has 0 bridgehead atoms. The standard InChI is InChI=1S/C10H12BrNO2/c1-6-3-4-9(13)8(5-6)12-10(14)7(2)11/h3-5,7,13H,1-2H3,(H,12,14). The van der Waals surface area contributed by atoms with Crippen LogP contribution in [0.4, 0.5) is 5.69 Å². The molecule has 0 aliphatic heterocycles. The molecule has 0 fully saturated rings. The Labute approximate surface area is 91.3 Å². The van der Waals surface area contributed by atoms with E-state index in [4.69, 9.17) is 0 Å². The maximum atomic E-state index is 11.3. The molecule has 4 heteroatoms. The lowest BCUT2D eigenvalue weighted by molar-refractivity contribution is -0.115. The van der Waals surface area contributed by atoms with Crippen LogP contribution >= 0.6 is 15.9 Å². The SMILES string of the molecule is Cc1ccc(O)c(NC(=O)C(C)Br)c1. The molecule has 0 aliphatic rings. The number of nitrogens with one attached hydrogen (secondary N) is 1. The third-order valence-electron chi connectivity index (χ3n) is 1.77. The van der Waals surface area contributed by atoms with E-state index in [2.05, 4.69) is 21.2 Å². The summed E-state index contributed by atoms with van der Waals surface area (Å²) in [7, 11) is 0. The largest absolute Gasteiger partial charge is 0.506 e. The number of rotatable bonds is 2. The molecule has 2 N–H and O–H groups in total. The molecule has 0 radical (unpaired) electrons. The van der Waals surface area contributed by atoms with Gasteiger partial charge in [-0.2, -0.15) is 0 Å². The lowest BCUT2D eigenvalue weighted by Gasteiger charge is -2.09. The van der Waals surface area contributed by atoms with Crippen molar-refractivity contribution >= 4 is 27.5 Å². The maximum absolute atomic E-state index is 11.3. The lowest BCUT2D eigenvalue weighted by Crippen LogP contribution is -2.19. The molecule has 14 heavy (non-hydrogen) atoms. The van der Waals surface area contributed by atoms with Crippen molar-refractivity contribution in [2.75, 3.05) is 5.32 Å². The first kappa shape index (κ1) is 11.0. The van der Waals surface area contributed by atoms with Crippen molar-refractivity contribution in [3.05, 3.63) is 23.8 Å². The molecule has 1 rings (SSSR count). The Morgan fingerprint density at radius 2 is 2.21 bits per heavy atom. The maximum Gasteiger partial charge on any atom is 0.237 e. The lowest BCUT2D eigenvalue weighted by atomic mass is 10.2. The van der Waals surface area contributed by atoms with Crippen LogP contribution in [-0.2, 0) is 4.79 Å². The Kier molecular flexibility index (Phi) is 3.52. The topological polar surface area (TPSA) is 49.3 Å². The van der Waals surface area contributed by atoms with Crippen molar-refractivity contribution < 1.29 is 9.90 Å². The van der Waals surface area contributed by atoms with Gasteiger partial charge in [0.2, 0.25) is 5.91 Å². The summed E-state index contributed by atoms with van der Waals surface area (Å²) >= 11 is 3.15. The highest BCUT2D eigenvalue weighted by Gasteiger charge is 2.10.